The Hall–Kier alpha value is -3.45. The smallest absolute Gasteiger partial charge is 0.253 e. The van der Waals surface area contributed by atoms with E-state index in [0.29, 0.717) is 30.3 Å². The third kappa shape index (κ3) is 4.89. The Labute approximate surface area is 190 Å². The Morgan fingerprint density at radius 2 is 1.84 bits per heavy atom. The summed E-state index contributed by atoms with van der Waals surface area (Å²) in [5.74, 6) is 0.458. The van der Waals surface area contributed by atoms with Crippen LogP contribution in [0.1, 0.15) is 28.0 Å². The first-order valence-corrected chi connectivity index (χ1v) is 10.7. The predicted molar refractivity (Wildman–Crippen MR) is 128 cm³/mol. The van der Waals surface area contributed by atoms with Gasteiger partial charge >= 0.3 is 0 Å². The van der Waals surface area contributed by atoms with Gasteiger partial charge in [0.1, 0.15) is 11.6 Å². The number of hydrogen-bond donors (Lipinski definition) is 2. The van der Waals surface area contributed by atoms with Crippen molar-refractivity contribution in [2.75, 3.05) is 0 Å². The Morgan fingerprint density at radius 1 is 1.09 bits per heavy atom. The summed E-state index contributed by atoms with van der Waals surface area (Å²) >= 11 is 5.65. The number of hydrogen-bond acceptors (Lipinski definition) is 3. The molecule has 0 aliphatic carbocycles. The molecule has 32 heavy (non-hydrogen) atoms. The maximum Gasteiger partial charge on any atom is 0.253 e. The van der Waals surface area contributed by atoms with Gasteiger partial charge in [0.2, 0.25) is 0 Å². The van der Waals surface area contributed by atoms with Crippen molar-refractivity contribution in [2.45, 2.75) is 33.5 Å². The first-order chi connectivity index (χ1) is 15.4. The van der Waals surface area contributed by atoms with Crippen LogP contribution >= 0.6 is 12.2 Å². The third-order valence-electron chi connectivity index (χ3n) is 5.45. The Balaban J connectivity index is 1.63. The van der Waals surface area contributed by atoms with Crippen molar-refractivity contribution in [2.24, 2.45) is 0 Å². The molecule has 2 aromatic carbocycles. The lowest BCUT2D eigenvalue weighted by Crippen LogP contribution is -2.39. The van der Waals surface area contributed by atoms with Gasteiger partial charge in [0, 0.05) is 17.5 Å². The minimum absolute atomic E-state index is 0.149. The zero-order chi connectivity index (χ0) is 22.7. The summed E-state index contributed by atoms with van der Waals surface area (Å²) in [6.07, 6.45) is 1.61. The second-order valence-electron chi connectivity index (χ2n) is 7.83. The molecule has 0 aliphatic heterocycles. The van der Waals surface area contributed by atoms with Gasteiger partial charge in [0.25, 0.3) is 5.56 Å². The number of halogens is 1. The van der Waals surface area contributed by atoms with Crippen molar-refractivity contribution in [3.8, 4) is 0 Å². The second kappa shape index (κ2) is 9.36. The van der Waals surface area contributed by atoms with Crippen LogP contribution in [0.5, 0.6) is 0 Å². The summed E-state index contributed by atoms with van der Waals surface area (Å²) in [6, 6.07) is 15.9. The first kappa shape index (κ1) is 21.8. The molecule has 5 nitrogen and oxygen atoms in total. The number of fused-ring (bicyclic) bond motifs is 1. The molecule has 0 bridgehead atoms. The first-order valence-electron chi connectivity index (χ1n) is 10.3. The van der Waals surface area contributed by atoms with E-state index in [4.69, 9.17) is 16.6 Å². The number of nitrogens with one attached hydrogen (secondary N) is 2. The molecule has 2 heterocycles. The molecule has 0 amide bonds. The Morgan fingerprint density at radius 3 is 2.56 bits per heavy atom. The van der Waals surface area contributed by atoms with Crippen molar-refractivity contribution < 1.29 is 8.81 Å². The molecule has 164 valence electrons. The Kier molecular flexibility index (Phi) is 6.37. The summed E-state index contributed by atoms with van der Waals surface area (Å²) in [7, 11) is 0. The van der Waals surface area contributed by atoms with E-state index in [-0.39, 0.29) is 11.4 Å². The third-order valence-corrected chi connectivity index (χ3v) is 5.85. The fourth-order valence-corrected chi connectivity index (χ4v) is 3.84. The number of furan rings is 1. The molecular weight excluding hydrogens is 425 g/mol. The molecule has 0 spiro atoms. The zero-order valence-corrected chi connectivity index (χ0v) is 18.8. The molecule has 4 rings (SSSR count). The number of aromatic nitrogens is 1. The van der Waals surface area contributed by atoms with Crippen LogP contribution in [0, 0.1) is 19.7 Å². The highest BCUT2D eigenvalue weighted by Gasteiger charge is 2.15. The number of rotatable bonds is 6. The standard InChI is InChI=1S/C25H24FN3O2S/c1-16-5-6-17(2)23-22(16)12-19(24(30)28-23)15-29(14-18-7-9-20(26)10-8-18)25(32)27-13-21-4-3-11-31-21/h3-12H,13-15H2,1-2H3,(H,27,32)(H,28,30). The van der Waals surface area contributed by atoms with Gasteiger partial charge in [-0.3, -0.25) is 4.79 Å². The van der Waals surface area contributed by atoms with E-state index in [9.17, 15) is 9.18 Å². The zero-order valence-electron chi connectivity index (χ0n) is 17.9. The molecule has 0 saturated heterocycles. The maximum atomic E-state index is 13.4. The molecule has 0 radical (unpaired) electrons. The number of benzene rings is 2. The molecule has 2 N–H and O–H groups in total. The molecule has 0 fully saturated rings. The number of thiocarbonyl (C=S) groups is 1. The maximum absolute atomic E-state index is 13.4. The highest BCUT2D eigenvalue weighted by Crippen LogP contribution is 2.20. The van der Waals surface area contributed by atoms with E-state index in [1.54, 1.807) is 18.4 Å². The predicted octanol–water partition coefficient (Wildman–Crippen LogP) is 4.95. The second-order valence-corrected chi connectivity index (χ2v) is 8.22. The summed E-state index contributed by atoms with van der Waals surface area (Å²) < 4.78 is 18.7. The number of pyridine rings is 1. The average Bonchev–Trinajstić information content (AvgIpc) is 3.30. The molecule has 4 aromatic rings. The lowest BCUT2D eigenvalue weighted by Gasteiger charge is -2.26. The fraction of sp³-hybridized carbons (Fsp3) is 0.200. The van der Waals surface area contributed by atoms with Crippen LogP contribution in [0.25, 0.3) is 10.9 Å². The quantitative estimate of drug-likeness (QED) is 0.408. The van der Waals surface area contributed by atoms with E-state index in [1.165, 1.54) is 12.1 Å². The number of aromatic amines is 1. The van der Waals surface area contributed by atoms with Gasteiger partial charge in [-0.1, -0.05) is 24.3 Å². The van der Waals surface area contributed by atoms with Gasteiger partial charge in [-0.25, -0.2) is 4.39 Å². The van der Waals surface area contributed by atoms with Gasteiger partial charge in [0.15, 0.2) is 5.11 Å². The Bertz CT molecular complexity index is 1300. The van der Waals surface area contributed by atoms with E-state index in [2.05, 4.69) is 10.3 Å². The van der Waals surface area contributed by atoms with Crippen LogP contribution in [-0.4, -0.2) is 15.0 Å². The van der Waals surface area contributed by atoms with E-state index >= 15 is 0 Å². The monoisotopic (exact) mass is 449 g/mol. The van der Waals surface area contributed by atoms with Crippen LogP contribution in [0.15, 0.2) is 70.1 Å². The van der Waals surface area contributed by atoms with Crippen molar-refractivity contribution >= 4 is 28.2 Å². The summed E-state index contributed by atoms with van der Waals surface area (Å²) in [5.41, 5.74) is 4.31. The van der Waals surface area contributed by atoms with Gasteiger partial charge in [0.05, 0.1) is 24.9 Å². The fourth-order valence-electron chi connectivity index (χ4n) is 3.64. The minimum atomic E-state index is -0.296. The minimum Gasteiger partial charge on any atom is -0.467 e. The van der Waals surface area contributed by atoms with E-state index < -0.39 is 0 Å². The largest absolute Gasteiger partial charge is 0.467 e. The lowest BCUT2D eigenvalue weighted by atomic mass is 10.0. The van der Waals surface area contributed by atoms with E-state index in [1.807, 2.05) is 49.1 Å². The number of nitrogens with zero attached hydrogens (tertiary/aromatic N) is 1. The van der Waals surface area contributed by atoms with Crippen molar-refractivity contribution in [1.29, 1.82) is 0 Å². The lowest BCUT2D eigenvalue weighted by molar-refractivity contribution is 0.393. The van der Waals surface area contributed by atoms with Crippen molar-refractivity contribution in [1.82, 2.24) is 15.2 Å². The summed E-state index contributed by atoms with van der Waals surface area (Å²) in [4.78, 5) is 17.8. The van der Waals surface area contributed by atoms with Gasteiger partial charge < -0.3 is 19.6 Å². The normalized spacial score (nSPS) is 11.0. The highest BCUT2D eigenvalue weighted by atomic mass is 32.1. The molecule has 0 unspecified atom stereocenters. The SMILES string of the molecule is Cc1ccc(C)c2[nH]c(=O)c(CN(Cc3ccc(F)cc3)C(=S)NCc3ccco3)cc12. The topological polar surface area (TPSA) is 61.3 Å². The van der Waals surface area contributed by atoms with Gasteiger partial charge in [-0.05, 0) is 73.1 Å². The highest BCUT2D eigenvalue weighted by molar-refractivity contribution is 7.80. The molecule has 0 saturated carbocycles. The van der Waals surface area contributed by atoms with Crippen LogP contribution in [-0.2, 0) is 19.6 Å². The summed E-state index contributed by atoms with van der Waals surface area (Å²) in [6.45, 7) is 5.16. The molecule has 0 aliphatic rings. The average molecular weight is 450 g/mol. The van der Waals surface area contributed by atoms with Crippen LogP contribution in [0.4, 0.5) is 4.39 Å². The molecular formula is C25H24FN3O2S. The molecule has 7 heteroatoms. The van der Waals surface area contributed by atoms with E-state index in [0.717, 1.165) is 33.4 Å². The van der Waals surface area contributed by atoms with Crippen LogP contribution in [0.3, 0.4) is 0 Å². The van der Waals surface area contributed by atoms with Crippen molar-refractivity contribution in [3.63, 3.8) is 0 Å². The van der Waals surface area contributed by atoms with Crippen molar-refractivity contribution in [3.05, 3.63) is 105 Å². The van der Waals surface area contributed by atoms with Crippen LogP contribution < -0.4 is 10.9 Å². The summed E-state index contributed by atoms with van der Waals surface area (Å²) in [5, 5.41) is 4.68. The van der Waals surface area contributed by atoms with Gasteiger partial charge in [-0.15, -0.1) is 0 Å². The number of H-pyrrole nitrogens is 1. The number of aryl methyl sites for hydroxylation is 2. The molecule has 2 aromatic heterocycles. The van der Waals surface area contributed by atoms with Crippen LogP contribution in [0.2, 0.25) is 0 Å². The van der Waals surface area contributed by atoms with Gasteiger partial charge in [-0.2, -0.15) is 0 Å². The molecule has 0 atom stereocenters.